The van der Waals surface area contributed by atoms with Crippen molar-refractivity contribution in [1.29, 1.82) is 0 Å². The van der Waals surface area contributed by atoms with E-state index in [-0.39, 0.29) is 36.2 Å². The number of ether oxygens (including phenoxy) is 1. The third kappa shape index (κ3) is 3.84. The van der Waals surface area contributed by atoms with Gasteiger partial charge in [-0.1, -0.05) is 6.07 Å². The maximum absolute atomic E-state index is 13.5. The summed E-state index contributed by atoms with van der Waals surface area (Å²) in [5, 5.41) is 7.73. The monoisotopic (exact) mass is 468 g/mol. The largest absolute Gasteiger partial charge is 0.497 e. The average molecular weight is 469 g/mol. The number of nitrogens with one attached hydrogen (secondary N) is 2. The Morgan fingerprint density at radius 1 is 1.18 bits per heavy atom. The lowest BCUT2D eigenvalue weighted by molar-refractivity contribution is -0.138. The fourth-order valence-corrected chi connectivity index (χ4v) is 5.59. The summed E-state index contributed by atoms with van der Waals surface area (Å²) < 4.78 is 5.12. The SMILES string of the molecule is COc1ccc(C(=O)NC2CC3C(=O)NC4CCN(C(=O)c5cccs5)C4C(=O)N3C2)cc1. The molecule has 4 unspecified atom stereocenters. The van der Waals surface area contributed by atoms with Crippen molar-refractivity contribution in [2.75, 3.05) is 20.2 Å². The van der Waals surface area contributed by atoms with Crippen LogP contribution in [0.1, 0.15) is 32.9 Å². The first-order chi connectivity index (χ1) is 16.0. The molecule has 33 heavy (non-hydrogen) atoms. The Balaban J connectivity index is 1.31. The van der Waals surface area contributed by atoms with Crippen molar-refractivity contribution in [1.82, 2.24) is 20.4 Å². The van der Waals surface area contributed by atoms with E-state index in [0.29, 0.717) is 35.6 Å². The van der Waals surface area contributed by atoms with Crippen LogP contribution in [-0.4, -0.2) is 77.8 Å². The van der Waals surface area contributed by atoms with Gasteiger partial charge >= 0.3 is 0 Å². The number of amides is 4. The molecule has 1 aromatic heterocycles. The minimum absolute atomic E-state index is 0.192. The van der Waals surface area contributed by atoms with Crippen molar-refractivity contribution in [2.24, 2.45) is 0 Å². The van der Waals surface area contributed by atoms with E-state index in [1.807, 2.05) is 5.38 Å². The molecule has 3 aliphatic heterocycles. The van der Waals surface area contributed by atoms with Gasteiger partial charge < -0.3 is 25.2 Å². The second-order valence-electron chi connectivity index (χ2n) is 8.47. The summed E-state index contributed by atoms with van der Waals surface area (Å²) >= 11 is 1.33. The Hall–Kier alpha value is -3.40. The van der Waals surface area contributed by atoms with Crippen LogP contribution in [0.2, 0.25) is 0 Å². The second kappa shape index (κ2) is 8.51. The molecule has 1 aromatic carbocycles. The summed E-state index contributed by atoms with van der Waals surface area (Å²) in [4.78, 5) is 55.8. The van der Waals surface area contributed by atoms with E-state index in [9.17, 15) is 19.2 Å². The normalized spacial score (nSPS) is 26.3. The van der Waals surface area contributed by atoms with E-state index in [2.05, 4.69) is 10.6 Å². The van der Waals surface area contributed by atoms with Crippen LogP contribution in [0.3, 0.4) is 0 Å². The topological polar surface area (TPSA) is 108 Å². The highest BCUT2D eigenvalue weighted by atomic mass is 32.1. The van der Waals surface area contributed by atoms with E-state index in [0.717, 1.165) is 0 Å². The Morgan fingerprint density at radius 2 is 1.97 bits per heavy atom. The van der Waals surface area contributed by atoms with E-state index < -0.39 is 18.1 Å². The summed E-state index contributed by atoms with van der Waals surface area (Å²) in [5.74, 6) is -0.297. The molecule has 0 spiro atoms. The third-order valence-corrected chi connectivity index (χ3v) is 7.40. The van der Waals surface area contributed by atoms with Crippen LogP contribution < -0.4 is 15.4 Å². The maximum atomic E-state index is 13.5. The predicted octanol–water partition coefficient (Wildman–Crippen LogP) is 0.869. The Labute approximate surface area is 194 Å². The molecule has 0 aliphatic carbocycles. The van der Waals surface area contributed by atoms with Crippen LogP contribution >= 0.6 is 11.3 Å². The Morgan fingerprint density at radius 3 is 2.67 bits per heavy atom. The molecular formula is C23H24N4O5S. The molecule has 3 fully saturated rings. The summed E-state index contributed by atoms with van der Waals surface area (Å²) in [6, 6.07) is 8.12. The molecule has 5 rings (SSSR count). The number of likely N-dealkylation sites (tertiary alicyclic amines) is 1. The number of fused-ring (bicyclic) bond motifs is 2. The second-order valence-corrected chi connectivity index (χ2v) is 9.41. The molecule has 0 bridgehead atoms. The summed E-state index contributed by atoms with van der Waals surface area (Å²) in [7, 11) is 1.55. The number of carbonyl (C=O) groups is 4. The highest BCUT2D eigenvalue weighted by Gasteiger charge is 2.52. The first-order valence-electron chi connectivity index (χ1n) is 10.9. The standard InChI is InChI=1S/C23H24N4O5S/c1-32-15-6-4-13(5-7-15)20(28)24-14-11-17-21(29)25-16-8-9-26(19(16)23(31)27(17)12-14)22(30)18-3-2-10-33-18/h2-7,10,14,16-17,19H,8-9,11-12H2,1H3,(H,24,28)(H,25,29). The predicted molar refractivity (Wildman–Crippen MR) is 120 cm³/mol. The molecule has 4 heterocycles. The first-order valence-corrected chi connectivity index (χ1v) is 11.7. The van der Waals surface area contributed by atoms with Gasteiger partial charge in [-0.05, 0) is 48.6 Å². The van der Waals surface area contributed by atoms with Gasteiger partial charge in [0.2, 0.25) is 11.8 Å². The van der Waals surface area contributed by atoms with E-state index in [1.165, 1.54) is 16.2 Å². The quantitative estimate of drug-likeness (QED) is 0.692. The van der Waals surface area contributed by atoms with Gasteiger partial charge in [-0.15, -0.1) is 11.3 Å². The number of thiophene rings is 1. The van der Waals surface area contributed by atoms with E-state index in [1.54, 1.807) is 48.4 Å². The number of hydrogen-bond donors (Lipinski definition) is 2. The Bertz CT molecular complexity index is 1090. The molecule has 9 nitrogen and oxygen atoms in total. The zero-order valence-corrected chi connectivity index (χ0v) is 18.8. The number of benzene rings is 1. The Kier molecular flexibility index (Phi) is 5.53. The van der Waals surface area contributed by atoms with E-state index >= 15 is 0 Å². The molecular weight excluding hydrogens is 444 g/mol. The molecule has 10 heteroatoms. The van der Waals surface area contributed by atoms with Gasteiger partial charge in [-0.3, -0.25) is 19.2 Å². The van der Waals surface area contributed by atoms with Crippen molar-refractivity contribution >= 4 is 35.0 Å². The third-order valence-electron chi connectivity index (χ3n) is 6.55. The van der Waals surface area contributed by atoms with Crippen LogP contribution in [-0.2, 0) is 9.59 Å². The zero-order chi connectivity index (χ0) is 23.1. The molecule has 3 saturated heterocycles. The smallest absolute Gasteiger partial charge is 0.264 e. The van der Waals surface area contributed by atoms with Crippen LogP contribution in [0, 0.1) is 0 Å². The number of carbonyl (C=O) groups excluding carboxylic acids is 4. The van der Waals surface area contributed by atoms with Crippen molar-refractivity contribution in [3.8, 4) is 5.75 Å². The number of rotatable bonds is 4. The molecule has 3 aliphatic rings. The van der Waals surface area contributed by atoms with Crippen molar-refractivity contribution in [2.45, 2.75) is 37.0 Å². The molecule has 0 radical (unpaired) electrons. The maximum Gasteiger partial charge on any atom is 0.264 e. The minimum atomic E-state index is -0.732. The highest BCUT2D eigenvalue weighted by Crippen LogP contribution is 2.30. The van der Waals surface area contributed by atoms with Crippen LogP contribution in [0.15, 0.2) is 41.8 Å². The van der Waals surface area contributed by atoms with Gasteiger partial charge in [0.25, 0.3) is 11.8 Å². The van der Waals surface area contributed by atoms with E-state index in [4.69, 9.17) is 4.74 Å². The van der Waals surface area contributed by atoms with Crippen molar-refractivity contribution in [3.05, 3.63) is 52.2 Å². The van der Waals surface area contributed by atoms with Gasteiger partial charge in [0.1, 0.15) is 17.8 Å². The fraction of sp³-hybridized carbons (Fsp3) is 0.391. The molecule has 2 N–H and O–H groups in total. The zero-order valence-electron chi connectivity index (χ0n) is 18.0. The molecule has 4 atom stereocenters. The molecule has 2 aromatic rings. The van der Waals surface area contributed by atoms with Gasteiger partial charge in [-0.25, -0.2) is 0 Å². The van der Waals surface area contributed by atoms with Gasteiger partial charge in [0.05, 0.1) is 18.0 Å². The summed E-state index contributed by atoms with van der Waals surface area (Å²) in [6.45, 7) is 0.636. The summed E-state index contributed by atoms with van der Waals surface area (Å²) in [5.41, 5.74) is 0.470. The lowest BCUT2D eigenvalue weighted by Gasteiger charge is -2.29. The van der Waals surface area contributed by atoms with Gasteiger partial charge in [-0.2, -0.15) is 0 Å². The van der Waals surface area contributed by atoms with Crippen molar-refractivity contribution in [3.63, 3.8) is 0 Å². The number of hydrogen-bond acceptors (Lipinski definition) is 6. The van der Waals surface area contributed by atoms with Gasteiger partial charge in [0.15, 0.2) is 0 Å². The highest BCUT2D eigenvalue weighted by molar-refractivity contribution is 7.12. The van der Waals surface area contributed by atoms with Crippen LogP contribution in [0.25, 0.3) is 0 Å². The molecule has 172 valence electrons. The average Bonchev–Trinajstić information content (AvgIpc) is 3.57. The van der Waals surface area contributed by atoms with Crippen molar-refractivity contribution < 1.29 is 23.9 Å². The fourth-order valence-electron chi connectivity index (χ4n) is 4.91. The van der Waals surface area contributed by atoms with Gasteiger partial charge in [0, 0.05) is 24.7 Å². The minimum Gasteiger partial charge on any atom is -0.497 e. The van der Waals surface area contributed by atoms with Crippen LogP contribution in [0.4, 0.5) is 0 Å². The lowest BCUT2D eigenvalue weighted by atomic mass is 10.1. The number of nitrogens with zero attached hydrogens (tertiary/aromatic N) is 2. The van der Waals surface area contributed by atoms with Crippen LogP contribution in [0.5, 0.6) is 5.75 Å². The first kappa shape index (κ1) is 21.4. The molecule has 0 saturated carbocycles. The summed E-state index contributed by atoms with van der Waals surface area (Å²) in [6.07, 6.45) is 0.870. The lowest BCUT2D eigenvalue weighted by Crippen LogP contribution is -2.52. The molecule has 4 amide bonds. The number of methoxy groups -OCH3 is 1.